The van der Waals surface area contributed by atoms with Gasteiger partial charge in [-0.15, -0.1) is 0 Å². The number of urea groups is 1. The van der Waals surface area contributed by atoms with Crippen molar-refractivity contribution in [1.82, 2.24) is 15.2 Å². The maximum Gasteiger partial charge on any atom is 0.318 e. The summed E-state index contributed by atoms with van der Waals surface area (Å²) < 4.78 is 0. The first kappa shape index (κ1) is 22.3. The highest BCUT2D eigenvalue weighted by molar-refractivity contribution is 5.74. The van der Waals surface area contributed by atoms with Crippen molar-refractivity contribution in [2.24, 2.45) is 0 Å². The summed E-state index contributed by atoms with van der Waals surface area (Å²) in [6, 6.07) is 22.0. The Kier molecular flexibility index (Phi) is 7.21. The third kappa shape index (κ3) is 5.89. The molecule has 1 aromatic heterocycles. The maximum absolute atomic E-state index is 13.3. The van der Waals surface area contributed by atoms with Crippen molar-refractivity contribution in [2.75, 3.05) is 18.0 Å². The molecule has 1 N–H and O–H groups in total. The first-order chi connectivity index (χ1) is 16.1. The molecule has 1 saturated heterocycles. The molecule has 0 unspecified atom stereocenters. The molecule has 0 spiro atoms. The minimum atomic E-state index is -0.0427. The summed E-state index contributed by atoms with van der Waals surface area (Å²) in [6.07, 6.45) is 5.33. The molecule has 1 aliphatic rings. The van der Waals surface area contributed by atoms with E-state index in [9.17, 15) is 4.79 Å². The SMILES string of the molecule is Cc1ccccc1CN(Cc1cccnc1)C(=O)NC1CCN(c2ccc(C#N)cc2)CC1. The van der Waals surface area contributed by atoms with Crippen LogP contribution in [0.5, 0.6) is 0 Å². The fourth-order valence-electron chi connectivity index (χ4n) is 4.20. The molecule has 168 valence electrons. The Bertz CT molecular complexity index is 1100. The van der Waals surface area contributed by atoms with E-state index < -0.39 is 0 Å². The van der Waals surface area contributed by atoms with Crippen molar-refractivity contribution in [1.29, 1.82) is 5.26 Å². The van der Waals surface area contributed by atoms with E-state index in [-0.39, 0.29) is 12.1 Å². The molecule has 2 amide bonds. The van der Waals surface area contributed by atoms with E-state index in [2.05, 4.69) is 40.3 Å². The van der Waals surface area contributed by atoms with Crippen molar-refractivity contribution >= 4 is 11.7 Å². The molecule has 6 heteroatoms. The lowest BCUT2D eigenvalue weighted by atomic mass is 10.0. The number of hydrogen-bond donors (Lipinski definition) is 1. The van der Waals surface area contributed by atoms with E-state index in [4.69, 9.17) is 5.26 Å². The minimum absolute atomic E-state index is 0.0427. The second-order valence-electron chi connectivity index (χ2n) is 8.51. The monoisotopic (exact) mass is 439 g/mol. The normalized spacial score (nSPS) is 13.9. The first-order valence-corrected chi connectivity index (χ1v) is 11.4. The number of carbonyl (C=O) groups excluding carboxylic acids is 1. The maximum atomic E-state index is 13.3. The average Bonchev–Trinajstić information content (AvgIpc) is 2.86. The number of carbonyl (C=O) groups is 1. The van der Waals surface area contributed by atoms with Crippen LogP contribution in [-0.2, 0) is 13.1 Å². The van der Waals surface area contributed by atoms with Gasteiger partial charge >= 0.3 is 6.03 Å². The standard InChI is InChI=1S/C27H29N5O/c1-21-5-2-3-7-24(21)20-32(19-23-6-4-14-29-18-23)27(33)30-25-12-15-31(16-13-25)26-10-8-22(17-28)9-11-26/h2-11,14,18,25H,12-13,15-16,19-20H2,1H3,(H,30,33). The molecular formula is C27H29N5O. The van der Waals surface area contributed by atoms with Gasteiger partial charge in [0, 0.05) is 50.3 Å². The van der Waals surface area contributed by atoms with E-state index >= 15 is 0 Å². The Labute approximate surface area is 195 Å². The molecule has 3 aromatic rings. The van der Waals surface area contributed by atoms with Crippen molar-refractivity contribution in [3.8, 4) is 6.07 Å². The van der Waals surface area contributed by atoms with Gasteiger partial charge in [0.15, 0.2) is 0 Å². The van der Waals surface area contributed by atoms with Gasteiger partial charge in [-0.2, -0.15) is 5.26 Å². The van der Waals surface area contributed by atoms with Crippen LogP contribution >= 0.6 is 0 Å². The van der Waals surface area contributed by atoms with Gasteiger partial charge in [0.2, 0.25) is 0 Å². The van der Waals surface area contributed by atoms with Gasteiger partial charge in [-0.25, -0.2) is 4.79 Å². The third-order valence-corrected chi connectivity index (χ3v) is 6.19. The van der Waals surface area contributed by atoms with Crippen LogP contribution in [0.3, 0.4) is 0 Å². The summed E-state index contributed by atoms with van der Waals surface area (Å²) >= 11 is 0. The number of pyridine rings is 1. The molecule has 0 bridgehead atoms. The fraction of sp³-hybridized carbons (Fsp3) is 0.296. The third-order valence-electron chi connectivity index (χ3n) is 6.19. The van der Waals surface area contributed by atoms with Crippen LogP contribution in [0.1, 0.15) is 35.1 Å². The summed E-state index contributed by atoms with van der Waals surface area (Å²) in [5.74, 6) is 0. The number of nitrogens with zero attached hydrogens (tertiary/aromatic N) is 4. The number of aromatic nitrogens is 1. The Morgan fingerprint density at radius 1 is 1.09 bits per heavy atom. The first-order valence-electron chi connectivity index (χ1n) is 11.4. The van der Waals surface area contributed by atoms with Crippen LogP contribution < -0.4 is 10.2 Å². The quantitative estimate of drug-likeness (QED) is 0.607. The number of nitriles is 1. The van der Waals surface area contributed by atoms with Gasteiger partial charge in [0.25, 0.3) is 0 Å². The zero-order chi connectivity index (χ0) is 23.0. The second kappa shape index (κ2) is 10.6. The number of rotatable bonds is 6. The summed E-state index contributed by atoms with van der Waals surface area (Å²) in [5.41, 5.74) is 5.13. The smallest absolute Gasteiger partial charge is 0.318 e. The minimum Gasteiger partial charge on any atom is -0.371 e. The predicted octanol–water partition coefficient (Wildman–Crippen LogP) is 4.64. The zero-order valence-corrected chi connectivity index (χ0v) is 18.9. The highest BCUT2D eigenvalue weighted by Crippen LogP contribution is 2.21. The molecule has 0 atom stereocenters. The van der Waals surface area contributed by atoms with Gasteiger partial charge in [0.1, 0.15) is 0 Å². The number of hydrogen-bond acceptors (Lipinski definition) is 4. The summed E-state index contributed by atoms with van der Waals surface area (Å²) in [6.45, 7) is 4.89. The largest absolute Gasteiger partial charge is 0.371 e. The van der Waals surface area contributed by atoms with E-state index in [1.54, 1.807) is 6.20 Å². The van der Waals surface area contributed by atoms with Crippen LogP contribution in [0.15, 0.2) is 73.1 Å². The zero-order valence-electron chi connectivity index (χ0n) is 18.9. The van der Waals surface area contributed by atoms with E-state index in [1.807, 2.05) is 59.6 Å². The topological polar surface area (TPSA) is 72.3 Å². The van der Waals surface area contributed by atoms with Crippen molar-refractivity contribution in [3.63, 3.8) is 0 Å². The Morgan fingerprint density at radius 3 is 2.52 bits per heavy atom. The number of amides is 2. The number of piperidine rings is 1. The summed E-state index contributed by atoms with van der Waals surface area (Å²) in [7, 11) is 0. The van der Waals surface area contributed by atoms with Crippen LogP contribution in [-0.4, -0.2) is 35.0 Å². The Hall–Kier alpha value is -3.85. The van der Waals surface area contributed by atoms with Crippen LogP contribution in [0.2, 0.25) is 0 Å². The van der Waals surface area contributed by atoms with E-state index in [0.29, 0.717) is 18.7 Å². The van der Waals surface area contributed by atoms with Gasteiger partial charge in [-0.3, -0.25) is 4.98 Å². The molecule has 0 saturated carbocycles. The van der Waals surface area contributed by atoms with Crippen LogP contribution in [0, 0.1) is 18.3 Å². The van der Waals surface area contributed by atoms with Crippen LogP contribution in [0.4, 0.5) is 10.5 Å². The molecule has 6 nitrogen and oxygen atoms in total. The molecule has 0 radical (unpaired) electrons. The van der Waals surface area contributed by atoms with Gasteiger partial charge in [-0.05, 0) is 66.8 Å². The molecule has 0 aliphatic carbocycles. The Balaban J connectivity index is 1.39. The molecule has 2 aromatic carbocycles. The Morgan fingerprint density at radius 2 is 1.85 bits per heavy atom. The lowest BCUT2D eigenvalue weighted by molar-refractivity contribution is 0.185. The van der Waals surface area contributed by atoms with Crippen molar-refractivity contribution in [2.45, 2.75) is 38.9 Å². The van der Waals surface area contributed by atoms with Gasteiger partial charge < -0.3 is 15.1 Å². The van der Waals surface area contributed by atoms with Crippen LogP contribution in [0.25, 0.3) is 0 Å². The second-order valence-corrected chi connectivity index (χ2v) is 8.51. The number of anilines is 1. The van der Waals surface area contributed by atoms with E-state index in [1.165, 1.54) is 5.56 Å². The summed E-state index contributed by atoms with van der Waals surface area (Å²) in [5, 5.41) is 12.3. The lowest BCUT2D eigenvalue weighted by Crippen LogP contribution is -2.49. The predicted molar refractivity (Wildman–Crippen MR) is 130 cm³/mol. The van der Waals surface area contributed by atoms with Gasteiger partial charge in [0.05, 0.1) is 11.6 Å². The summed E-state index contributed by atoms with van der Waals surface area (Å²) in [4.78, 5) is 21.7. The molecule has 33 heavy (non-hydrogen) atoms. The number of nitrogens with one attached hydrogen (secondary N) is 1. The highest BCUT2D eigenvalue weighted by Gasteiger charge is 2.24. The molecular weight excluding hydrogens is 410 g/mol. The molecule has 1 fully saturated rings. The highest BCUT2D eigenvalue weighted by atomic mass is 16.2. The van der Waals surface area contributed by atoms with E-state index in [0.717, 1.165) is 42.7 Å². The molecule has 4 rings (SSSR count). The van der Waals surface area contributed by atoms with Crippen molar-refractivity contribution in [3.05, 3.63) is 95.3 Å². The van der Waals surface area contributed by atoms with Gasteiger partial charge in [-0.1, -0.05) is 30.3 Å². The number of benzene rings is 2. The lowest BCUT2D eigenvalue weighted by Gasteiger charge is -2.35. The number of aryl methyl sites for hydroxylation is 1. The molecule has 1 aliphatic heterocycles. The molecule has 2 heterocycles. The average molecular weight is 440 g/mol. The fourth-order valence-corrected chi connectivity index (χ4v) is 4.20. The van der Waals surface area contributed by atoms with Crippen molar-refractivity contribution < 1.29 is 4.79 Å².